The minimum atomic E-state index is -1.63. The fourth-order valence-corrected chi connectivity index (χ4v) is 7.18. The summed E-state index contributed by atoms with van der Waals surface area (Å²) in [6.45, 7) is 10.5. The number of hydrogen-bond donors (Lipinski definition) is 2. The number of aromatic nitrogens is 2. The Bertz CT molecular complexity index is 1610. The van der Waals surface area contributed by atoms with Gasteiger partial charge in [0.25, 0.3) is 5.56 Å². The van der Waals surface area contributed by atoms with Crippen LogP contribution in [0.4, 0.5) is 0 Å². The van der Waals surface area contributed by atoms with Crippen LogP contribution in [-0.4, -0.2) is 44.9 Å². The second kappa shape index (κ2) is 13.1. The number of para-hydroxylation sites is 1. The second-order valence-electron chi connectivity index (χ2n) is 12.2. The summed E-state index contributed by atoms with van der Waals surface area (Å²) in [5.74, 6) is -0.604. The van der Waals surface area contributed by atoms with Gasteiger partial charge in [0.05, 0.1) is 24.2 Å². The number of carbonyl (C=O) groups excluding carboxylic acids is 2. The van der Waals surface area contributed by atoms with E-state index in [1.165, 1.54) is 18.4 Å². The van der Waals surface area contributed by atoms with Crippen LogP contribution in [0.1, 0.15) is 93.4 Å². The van der Waals surface area contributed by atoms with Crippen molar-refractivity contribution in [3.05, 3.63) is 61.1 Å². The summed E-state index contributed by atoms with van der Waals surface area (Å²) in [5, 5.41) is 10.3. The Balaban J connectivity index is 1.98. The van der Waals surface area contributed by atoms with E-state index in [1.54, 1.807) is 13.8 Å². The number of benzene rings is 1. The topological polar surface area (TPSA) is 143 Å². The van der Waals surface area contributed by atoms with Gasteiger partial charge in [0.1, 0.15) is 21.0 Å². The first-order chi connectivity index (χ1) is 20.3. The molecule has 43 heavy (non-hydrogen) atoms. The quantitative estimate of drug-likeness (QED) is 0.304. The Kier molecular flexibility index (Phi) is 9.86. The van der Waals surface area contributed by atoms with Gasteiger partial charge in [-0.3, -0.25) is 14.2 Å². The van der Waals surface area contributed by atoms with Crippen molar-refractivity contribution in [1.29, 1.82) is 0 Å². The lowest BCUT2D eigenvalue weighted by atomic mass is 9.79. The van der Waals surface area contributed by atoms with Gasteiger partial charge in [-0.25, -0.2) is 14.2 Å². The normalized spacial score (nSPS) is 18.1. The third kappa shape index (κ3) is 6.57. The van der Waals surface area contributed by atoms with Crippen molar-refractivity contribution in [2.24, 2.45) is 11.7 Å². The summed E-state index contributed by atoms with van der Waals surface area (Å²) in [6, 6.07) is 7.75. The number of fused-ring (bicyclic) bond motifs is 1. The van der Waals surface area contributed by atoms with E-state index in [-0.39, 0.29) is 41.5 Å². The number of thiophene rings is 1. The number of carbonyl (C=O) groups is 2. The van der Waals surface area contributed by atoms with Gasteiger partial charge in [0.2, 0.25) is 5.91 Å². The molecule has 10 nitrogen and oxygen atoms in total. The molecule has 11 heteroatoms. The third-order valence-electron chi connectivity index (χ3n) is 8.39. The summed E-state index contributed by atoms with van der Waals surface area (Å²) in [6.07, 6.45) is 3.48. The molecule has 0 unspecified atom stereocenters. The fourth-order valence-electron chi connectivity index (χ4n) is 5.98. The zero-order valence-corrected chi connectivity index (χ0v) is 26.7. The van der Waals surface area contributed by atoms with Crippen LogP contribution in [0.25, 0.3) is 10.2 Å². The molecule has 3 aromatic rings. The van der Waals surface area contributed by atoms with E-state index in [0.717, 1.165) is 47.2 Å². The van der Waals surface area contributed by atoms with Crippen molar-refractivity contribution in [1.82, 2.24) is 9.13 Å². The predicted octanol–water partition coefficient (Wildman–Crippen LogP) is 4.44. The van der Waals surface area contributed by atoms with Crippen LogP contribution in [0.3, 0.4) is 0 Å². The van der Waals surface area contributed by atoms with Gasteiger partial charge in [0.15, 0.2) is 0 Å². The molecule has 234 valence electrons. The van der Waals surface area contributed by atoms with E-state index in [1.807, 2.05) is 38.1 Å². The van der Waals surface area contributed by atoms with Gasteiger partial charge in [-0.1, -0.05) is 18.2 Å². The molecule has 1 fully saturated rings. The molecule has 2 heterocycles. The van der Waals surface area contributed by atoms with Crippen molar-refractivity contribution >= 4 is 33.4 Å². The van der Waals surface area contributed by atoms with Crippen molar-refractivity contribution in [2.75, 3.05) is 6.61 Å². The second-order valence-corrected chi connectivity index (χ2v) is 13.2. The van der Waals surface area contributed by atoms with Gasteiger partial charge < -0.3 is 20.3 Å². The maximum absolute atomic E-state index is 14.3. The summed E-state index contributed by atoms with van der Waals surface area (Å²) in [5.41, 5.74) is 4.04. The largest absolute Gasteiger partial charge is 0.491 e. The monoisotopic (exact) mass is 613 g/mol. The number of ether oxygens (including phenoxy) is 2. The number of aryl methyl sites for hydroxylation is 1. The average Bonchev–Trinajstić information content (AvgIpc) is 3.29. The van der Waals surface area contributed by atoms with E-state index < -0.39 is 28.7 Å². The van der Waals surface area contributed by atoms with Crippen LogP contribution in [0.15, 0.2) is 33.9 Å². The molecule has 1 atom stereocenters. The maximum Gasteiger partial charge on any atom is 0.348 e. The maximum atomic E-state index is 14.3. The van der Waals surface area contributed by atoms with Crippen molar-refractivity contribution in [3.63, 3.8) is 0 Å². The summed E-state index contributed by atoms with van der Waals surface area (Å²) in [4.78, 5) is 54.2. The molecule has 0 spiro atoms. The Morgan fingerprint density at radius 2 is 1.79 bits per heavy atom. The van der Waals surface area contributed by atoms with Gasteiger partial charge in [-0.15, -0.1) is 11.3 Å². The van der Waals surface area contributed by atoms with Crippen LogP contribution in [0.5, 0.6) is 5.75 Å². The lowest BCUT2D eigenvalue weighted by molar-refractivity contribution is -0.125. The van der Waals surface area contributed by atoms with Crippen molar-refractivity contribution in [3.8, 4) is 5.75 Å². The van der Waals surface area contributed by atoms with Crippen molar-refractivity contribution in [2.45, 2.75) is 104 Å². The number of primary amides is 1. The van der Waals surface area contributed by atoms with Gasteiger partial charge in [-0.05, 0) is 96.8 Å². The highest BCUT2D eigenvalue weighted by atomic mass is 32.1. The van der Waals surface area contributed by atoms with Crippen LogP contribution in [-0.2, 0) is 21.6 Å². The lowest BCUT2D eigenvalue weighted by Gasteiger charge is -2.31. The molecule has 1 aromatic carbocycles. The molecular weight excluding hydrogens is 570 g/mol. The number of nitrogens with zero attached hydrogens (tertiary/aromatic N) is 2. The molecule has 4 rings (SSSR count). The minimum Gasteiger partial charge on any atom is -0.491 e. The van der Waals surface area contributed by atoms with E-state index in [4.69, 9.17) is 15.2 Å². The highest BCUT2D eigenvalue weighted by Gasteiger charge is 2.35. The van der Waals surface area contributed by atoms with Crippen LogP contribution in [0.2, 0.25) is 0 Å². The zero-order valence-electron chi connectivity index (χ0n) is 25.8. The Morgan fingerprint density at radius 3 is 2.40 bits per heavy atom. The van der Waals surface area contributed by atoms with Crippen LogP contribution in [0, 0.1) is 12.8 Å². The first-order valence-corrected chi connectivity index (χ1v) is 15.8. The number of esters is 1. The highest BCUT2D eigenvalue weighted by Crippen LogP contribution is 2.39. The molecule has 3 N–H and O–H groups in total. The molecular formula is C32H43N3O7S. The van der Waals surface area contributed by atoms with E-state index in [9.17, 15) is 24.3 Å². The first kappa shape index (κ1) is 32.5. The number of nitrogens with two attached hydrogens (primary N) is 1. The Labute approximate surface area is 255 Å². The Hall–Kier alpha value is -3.44. The minimum absolute atomic E-state index is 0.0774. The van der Waals surface area contributed by atoms with E-state index >= 15 is 0 Å². The van der Waals surface area contributed by atoms with Crippen LogP contribution < -0.4 is 21.7 Å². The molecule has 1 aliphatic rings. The lowest BCUT2D eigenvalue weighted by Crippen LogP contribution is -2.54. The highest BCUT2D eigenvalue weighted by molar-refractivity contribution is 7.20. The van der Waals surface area contributed by atoms with E-state index in [0.29, 0.717) is 28.5 Å². The summed E-state index contributed by atoms with van der Waals surface area (Å²) < 4.78 is 13.9. The van der Waals surface area contributed by atoms with Crippen molar-refractivity contribution < 1.29 is 24.2 Å². The zero-order chi connectivity index (χ0) is 31.6. The molecule has 0 aliphatic heterocycles. The third-order valence-corrected chi connectivity index (χ3v) is 9.69. The summed E-state index contributed by atoms with van der Waals surface area (Å²) in [7, 11) is 0. The Morgan fingerprint density at radius 1 is 1.14 bits per heavy atom. The molecule has 0 saturated heterocycles. The van der Waals surface area contributed by atoms with Crippen LogP contribution >= 0.6 is 11.3 Å². The SMILES string of the molecule is CCOC(=O)c1sc2c(c1C)c(=O)n(C(C)(C)C(N)=O)c(=O)n2C[C@H](CC1CCC(O)CC1)c1ccccc1OC(C)C. The smallest absolute Gasteiger partial charge is 0.348 e. The number of aliphatic hydroxyl groups excluding tert-OH is 1. The molecule has 2 aromatic heterocycles. The summed E-state index contributed by atoms with van der Waals surface area (Å²) >= 11 is 1.05. The standard InChI is InChI=1S/C32H43N3O7S/c1-7-41-29(38)26-19(4)25-27(37)35(32(5,6)30(33)39)31(40)34(28(25)43-26)17-21(16-20-12-14-22(36)15-13-20)23-10-8-9-11-24(23)42-18(2)3/h8-11,18,20-22,36H,7,12-17H2,1-6H3,(H2,33,39)/t20?,21-,22?/m0/s1. The number of rotatable bonds is 11. The number of aliphatic hydroxyl groups is 1. The van der Waals surface area contributed by atoms with E-state index in [2.05, 4.69) is 0 Å². The van der Waals surface area contributed by atoms with Gasteiger partial charge in [-0.2, -0.15) is 0 Å². The molecule has 1 amide bonds. The fraction of sp³-hybridized carbons (Fsp3) is 0.562. The molecule has 0 radical (unpaired) electrons. The molecule has 1 saturated carbocycles. The number of amides is 1. The first-order valence-electron chi connectivity index (χ1n) is 15.0. The molecule has 1 aliphatic carbocycles. The predicted molar refractivity (Wildman–Crippen MR) is 167 cm³/mol. The van der Waals surface area contributed by atoms with Gasteiger partial charge in [0, 0.05) is 12.5 Å². The number of hydrogen-bond acceptors (Lipinski definition) is 8. The molecule has 0 bridgehead atoms. The van der Waals surface area contributed by atoms with Gasteiger partial charge >= 0.3 is 11.7 Å². The average molecular weight is 614 g/mol.